The topological polar surface area (TPSA) is 24.4 Å². The van der Waals surface area contributed by atoms with E-state index in [0.29, 0.717) is 6.04 Å². The smallest absolute Gasteiger partial charge is 0.0968 e. The summed E-state index contributed by atoms with van der Waals surface area (Å²) in [5.41, 5.74) is 1.32. The maximum atomic E-state index is 4.41. The average molecular weight is 188 g/mol. The average Bonchev–Trinajstić information content (AvgIpc) is 2.72. The van der Waals surface area contributed by atoms with Crippen LogP contribution < -0.4 is 5.32 Å². The Morgan fingerprint density at radius 3 is 2.71 bits per heavy atom. The molecule has 0 amide bonds. The Labute approximate surface area is 85.1 Å². The highest BCUT2D eigenvalue weighted by Gasteiger charge is 2.10. The molecule has 0 saturated carbocycles. The van der Waals surface area contributed by atoms with Gasteiger partial charge in [0.2, 0.25) is 0 Å². The summed E-state index contributed by atoms with van der Waals surface area (Å²) in [6, 6.07) is 10.9. The van der Waals surface area contributed by atoms with Crippen LogP contribution in [0.15, 0.2) is 35.3 Å². The molecule has 1 aromatic carbocycles. The van der Waals surface area contributed by atoms with Crippen LogP contribution in [0.2, 0.25) is 0 Å². The van der Waals surface area contributed by atoms with E-state index in [4.69, 9.17) is 0 Å². The summed E-state index contributed by atoms with van der Waals surface area (Å²) in [5, 5.41) is 3.45. The number of aliphatic imine (C=N–C) groups is 1. The van der Waals surface area contributed by atoms with Crippen molar-refractivity contribution in [1.82, 2.24) is 5.32 Å². The van der Waals surface area contributed by atoms with Crippen LogP contribution in [0, 0.1) is 0 Å². The molecule has 1 heterocycles. The molecule has 14 heavy (non-hydrogen) atoms. The first-order valence-electron chi connectivity index (χ1n) is 5.21. The van der Waals surface area contributed by atoms with Gasteiger partial charge in [-0.05, 0) is 18.9 Å². The zero-order valence-corrected chi connectivity index (χ0v) is 8.53. The lowest BCUT2D eigenvalue weighted by atomic mass is 10.1. The summed E-state index contributed by atoms with van der Waals surface area (Å²) in [4.78, 5) is 4.41. The molecule has 0 radical (unpaired) electrons. The first-order chi connectivity index (χ1) is 6.86. The number of rotatable bonds is 2. The van der Waals surface area contributed by atoms with Crippen LogP contribution in [0.5, 0.6) is 0 Å². The summed E-state index contributed by atoms with van der Waals surface area (Å²) in [6.45, 7) is 3.17. The van der Waals surface area contributed by atoms with Gasteiger partial charge in [-0.1, -0.05) is 30.3 Å². The third kappa shape index (κ3) is 2.13. The molecule has 1 N–H and O–H groups in total. The van der Waals surface area contributed by atoms with Gasteiger partial charge in [-0.3, -0.25) is 4.99 Å². The summed E-state index contributed by atoms with van der Waals surface area (Å²) in [7, 11) is 0. The highest BCUT2D eigenvalue weighted by Crippen LogP contribution is 2.13. The van der Waals surface area contributed by atoms with Crippen molar-refractivity contribution in [3.8, 4) is 0 Å². The van der Waals surface area contributed by atoms with E-state index >= 15 is 0 Å². The van der Waals surface area contributed by atoms with E-state index in [1.807, 2.05) is 6.07 Å². The van der Waals surface area contributed by atoms with Gasteiger partial charge < -0.3 is 5.32 Å². The molecule has 0 bridgehead atoms. The van der Waals surface area contributed by atoms with Gasteiger partial charge in [0, 0.05) is 19.0 Å². The van der Waals surface area contributed by atoms with E-state index in [-0.39, 0.29) is 0 Å². The van der Waals surface area contributed by atoms with Crippen molar-refractivity contribution in [2.24, 2.45) is 4.99 Å². The fourth-order valence-corrected chi connectivity index (χ4v) is 1.73. The number of hydrogen-bond acceptors (Lipinski definition) is 2. The Hall–Kier alpha value is -1.31. The van der Waals surface area contributed by atoms with Crippen LogP contribution >= 0.6 is 0 Å². The summed E-state index contributed by atoms with van der Waals surface area (Å²) in [5.74, 6) is 1.17. The summed E-state index contributed by atoms with van der Waals surface area (Å²) < 4.78 is 0. The zero-order chi connectivity index (χ0) is 9.80. The van der Waals surface area contributed by atoms with Crippen molar-refractivity contribution in [2.45, 2.75) is 25.8 Å². The van der Waals surface area contributed by atoms with Crippen molar-refractivity contribution in [3.63, 3.8) is 0 Å². The predicted octanol–water partition coefficient (Wildman–Crippen LogP) is 2.53. The second kappa shape index (κ2) is 4.27. The Morgan fingerprint density at radius 2 is 2.07 bits per heavy atom. The van der Waals surface area contributed by atoms with Crippen LogP contribution in [-0.2, 0) is 0 Å². The van der Waals surface area contributed by atoms with Crippen molar-refractivity contribution < 1.29 is 0 Å². The zero-order valence-electron chi connectivity index (χ0n) is 8.53. The molecule has 2 heteroatoms. The number of hydrogen-bond donors (Lipinski definition) is 1. The Balaban J connectivity index is 1.99. The van der Waals surface area contributed by atoms with Gasteiger partial charge in [0.15, 0.2) is 0 Å². The van der Waals surface area contributed by atoms with Gasteiger partial charge >= 0.3 is 0 Å². The molecule has 74 valence electrons. The molecule has 0 aliphatic carbocycles. The Bertz CT molecular complexity index is 316. The fourth-order valence-electron chi connectivity index (χ4n) is 1.73. The van der Waals surface area contributed by atoms with Crippen LogP contribution in [0.3, 0.4) is 0 Å². The van der Waals surface area contributed by atoms with Crippen LogP contribution in [0.25, 0.3) is 0 Å². The van der Waals surface area contributed by atoms with E-state index in [1.165, 1.54) is 17.8 Å². The van der Waals surface area contributed by atoms with Gasteiger partial charge in [-0.25, -0.2) is 0 Å². The maximum absolute atomic E-state index is 4.41. The molecule has 2 nitrogen and oxygen atoms in total. The van der Waals surface area contributed by atoms with Gasteiger partial charge in [0.1, 0.15) is 0 Å². The molecule has 1 atom stereocenters. The first-order valence-corrected chi connectivity index (χ1v) is 5.21. The van der Waals surface area contributed by atoms with Gasteiger partial charge in [0.05, 0.1) is 5.84 Å². The summed E-state index contributed by atoms with van der Waals surface area (Å²) >= 11 is 0. The SMILES string of the molecule is C[C@@H](NC1=NCCC1)c1ccccc1. The lowest BCUT2D eigenvalue weighted by molar-refractivity contribution is 0.709. The molecule has 1 aromatic rings. The van der Waals surface area contributed by atoms with Crippen LogP contribution in [0.4, 0.5) is 0 Å². The maximum Gasteiger partial charge on any atom is 0.0968 e. The van der Waals surface area contributed by atoms with E-state index in [2.05, 4.69) is 41.5 Å². The lowest BCUT2D eigenvalue weighted by Gasteiger charge is -2.14. The molecular formula is C12H16N2. The molecule has 1 aliphatic rings. The van der Waals surface area contributed by atoms with E-state index in [1.54, 1.807) is 0 Å². The van der Waals surface area contributed by atoms with Gasteiger partial charge in [-0.2, -0.15) is 0 Å². The Kier molecular flexibility index (Phi) is 2.82. The lowest BCUT2D eigenvalue weighted by Crippen LogP contribution is -2.24. The minimum Gasteiger partial charge on any atom is -0.367 e. The Morgan fingerprint density at radius 1 is 1.29 bits per heavy atom. The van der Waals surface area contributed by atoms with Gasteiger partial charge in [-0.15, -0.1) is 0 Å². The third-order valence-corrected chi connectivity index (χ3v) is 2.56. The number of nitrogens with zero attached hydrogens (tertiary/aromatic N) is 1. The van der Waals surface area contributed by atoms with Crippen molar-refractivity contribution in [3.05, 3.63) is 35.9 Å². The van der Waals surface area contributed by atoms with Crippen molar-refractivity contribution in [1.29, 1.82) is 0 Å². The van der Waals surface area contributed by atoms with Crippen LogP contribution in [0.1, 0.15) is 31.4 Å². The monoisotopic (exact) mass is 188 g/mol. The molecule has 0 fully saturated rings. The van der Waals surface area contributed by atoms with Crippen LogP contribution in [-0.4, -0.2) is 12.4 Å². The fraction of sp³-hybridized carbons (Fsp3) is 0.417. The molecular weight excluding hydrogens is 172 g/mol. The second-order valence-electron chi connectivity index (χ2n) is 3.71. The largest absolute Gasteiger partial charge is 0.367 e. The molecule has 0 aromatic heterocycles. The normalized spacial score (nSPS) is 17.6. The highest BCUT2D eigenvalue weighted by molar-refractivity contribution is 5.83. The number of benzene rings is 1. The molecule has 0 spiro atoms. The number of nitrogens with one attached hydrogen (secondary N) is 1. The van der Waals surface area contributed by atoms with E-state index in [9.17, 15) is 0 Å². The molecule has 1 aliphatic heterocycles. The molecule has 0 saturated heterocycles. The molecule has 0 unspecified atom stereocenters. The third-order valence-electron chi connectivity index (χ3n) is 2.56. The van der Waals surface area contributed by atoms with Crippen molar-refractivity contribution in [2.75, 3.05) is 6.54 Å². The minimum absolute atomic E-state index is 0.369. The standard InChI is InChI=1S/C12H16N2/c1-10(11-6-3-2-4-7-11)14-12-8-5-9-13-12/h2-4,6-7,10H,5,8-9H2,1H3,(H,13,14)/t10-/m1/s1. The van der Waals surface area contributed by atoms with Gasteiger partial charge in [0.25, 0.3) is 0 Å². The second-order valence-corrected chi connectivity index (χ2v) is 3.71. The highest BCUT2D eigenvalue weighted by atomic mass is 15.0. The van der Waals surface area contributed by atoms with Crippen molar-refractivity contribution >= 4 is 5.84 Å². The number of amidine groups is 1. The first kappa shape index (κ1) is 9.25. The quantitative estimate of drug-likeness (QED) is 0.757. The minimum atomic E-state index is 0.369. The molecule has 2 rings (SSSR count). The summed E-state index contributed by atoms with van der Waals surface area (Å²) in [6.07, 6.45) is 2.31. The van der Waals surface area contributed by atoms with E-state index < -0.39 is 0 Å². The predicted molar refractivity (Wildman–Crippen MR) is 59.5 cm³/mol. The van der Waals surface area contributed by atoms with E-state index in [0.717, 1.165) is 13.0 Å².